The van der Waals surface area contributed by atoms with Crippen LogP contribution in [0.4, 0.5) is 5.69 Å². The topological polar surface area (TPSA) is 37.4 Å². The van der Waals surface area contributed by atoms with Crippen molar-refractivity contribution in [2.45, 2.75) is 24.3 Å². The molecule has 0 N–H and O–H groups in total. The molecule has 0 unspecified atom stereocenters. The van der Waals surface area contributed by atoms with E-state index in [0.29, 0.717) is 4.90 Å². The predicted octanol–water partition coefficient (Wildman–Crippen LogP) is 2.70. The Morgan fingerprint density at radius 1 is 1.24 bits per heavy atom. The summed E-state index contributed by atoms with van der Waals surface area (Å²) in [6.45, 7) is 4.23. The maximum atomic E-state index is 11.3. The second-order valence-electron chi connectivity index (χ2n) is 4.77. The van der Waals surface area contributed by atoms with Crippen LogP contribution in [0.3, 0.4) is 0 Å². The van der Waals surface area contributed by atoms with Gasteiger partial charge in [0.1, 0.15) is 0 Å². The number of anilines is 1. The number of benzene rings is 1. The minimum Gasteiger partial charge on any atom is -0.369 e. The van der Waals surface area contributed by atoms with Gasteiger partial charge in [-0.1, -0.05) is 15.9 Å². The van der Waals surface area contributed by atoms with Crippen molar-refractivity contribution in [3.05, 3.63) is 24.3 Å². The van der Waals surface area contributed by atoms with Gasteiger partial charge in [0.15, 0.2) is 9.84 Å². The van der Waals surface area contributed by atoms with E-state index in [0.717, 1.165) is 11.0 Å². The van der Waals surface area contributed by atoms with Crippen LogP contribution >= 0.6 is 15.9 Å². The molecule has 0 aliphatic carbocycles. The fraction of sp³-hybridized carbons (Fsp3) is 0.500. The molecule has 0 aromatic heterocycles. The summed E-state index contributed by atoms with van der Waals surface area (Å²) in [4.78, 5) is 2.47. The summed E-state index contributed by atoms with van der Waals surface area (Å²) in [5, 5.41) is 0.838. The Hall–Kier alpha value is -0.550. The average Bonchev–Trinajstić information content (AvgIpc) is 2.27. The monoisotopic (exact) mass is 319 g/mol. The summed E-state index contributed by atoms with van der Waals surface area (Å²) in [7, 11) is -1.12. The molecule has 1 aromatic carbocycles. The van der Waals surface area contributed by atoms with Crippen LogP contribution in [-0.4, -0.2) is 32.6 Å². The Balaban J connectivity index is 3.04. The minimum atomic E-state index is -3.11. The third-order valence-electron chi connectivity index (χ3n) is 2.89. The van der Waals surface area contributed by atoms with E-state index >= 15 is 0 Å². The maximum Gasteiger partial charge on any atom is 0.175 e. The van der Waals surface area contributed by atoms with Gasteiger partial charge in [0.25, 0.3) is 0 Å². The van der Waals surface area contributed by atoms with Crippen molar-refractivity contribution in [1.29, 1.82) is 0 Å². The summed E-state index contributed by atoms with van der Waals surface area (Å²) in [6, 6.07) is 6.96. The first-order valence-corrected chi connectivity index (χ1v) is 8.30. The third-order valence-corrected chi connectivity index (χ3v) is 5.39. The van der Waals surface area contributed by atoms with E-state index in [2.05, 4.69) is 34.7 Å². The van der Waals surface area contributed by atoms with Crippen molar-refractivity contribution < 1.29 is 8.42 Å². The first-order chi connectivity index (χ1) is 7.68. The van der Waals surface area contributed by atoms with Crippen molar-refractivity contribution in [2.75, 3.05) is 23.5 Å². The van der Waals surface area contributed by atoms with Crippen molar-refractivity contribution in [3.63, 3.8) is 0 Å². The summed E-state index contributed by atoms with van der Waals surface area (Å²) in [5.74, 6) is 0. The van der Waals surface area contributed by atoms with Gasteiger partial charge in [-0.15, -0.1) is 0 Å². The van der Waals surface area contributed by atoms with E-state index in [1.165, 1.54) is 6.26 Å². The summed E-state index contributed by atoms with van der Waals surface area (Å²) in [5.41, 5.74) is 0.980. The fourth-order valence-electron chi connectivity index (χ4n) is 1.36. The first-order valence-electron chi connectivity index (χ1n) is 5.28. The van der Waals surface area contributed by atoms with Gasteiger partial charge in [-0.2, -0.15) is 0 Å². The number of hydrogen-bond donors (Lipinski definition) is 0. The van der Waals surface area contributed by atoms with Gasteiger partial charge in [-0.25, -0.2) is 8.42 Å². The highest BCUT2D eigenvalue weighted by Gasteiger charge is 2.22. The highest BCUT2D eigenvalue weighted by Crippen LogP contribution is 2.24. The largest absolute Gasteiger partial charge is 0.369 e. The Kier molecular flexibility index (Phi) is 4.25. The third kappa shape index (κ3) is 3.45. The quantitative estimate of drug-likeness (QED) is 0.801. The zero-order chi connectivity index (χ0) is 13.3. The lowest BCUT2D eigenvalue weighted by Gasteiger charge is -2.36. The highest BCUT2D eigenvalue weighted by atomic mass is 79.9. The van der Waals surface area contributed by atoms with Crippen LogP contribution in [0.1, 0.15) is 13.8 Å². The van der Waals surface area contributed by atoms with Gasteiger partial charge < -0.3 is 4.90 Å². The van der Waals surface area contributed by atoms with Crippen molar-refractivity contribution in [3.8, 4) is 0 Å². The lowest BCUT2D eigenvalue weighted by molar-refractivity contribution is 0.552. The number of hydrogen-bond acceptors (Lipinski definition) is 3. The molecule has 1 rings (SSSR count). The van der Waals surface area contributed by atoms with E-state index < -0.39 is 9.84 Å². The Labute approximate surface area is 112 Å². The molecule has 0 aliphatic heterocycles. The molecule has 17 heavy (non-hydrogen) atoms. The minimum absolute atomic E-state index is 0.0212. The maximum absolute atomic E-state index is 11.3. The molecule has 3 nitrogen and oxygen atoms in total. The highest BCUT2D eigenvalue weighted by molar-refractivity contribution is 9.09. The molecule has 0 heterocycles. The Morgan fingerprint density at radius 2 is 1.71 bits per heavy atom. The standard InChI is InChI=1S/C12H18BrNO2S/c1-12(2,9-13)14(3)10-5-7-11(8-6-10)17(4,15)16/h5-8H,9H2,1-4H3. The number of sulfone groups is 1. The molecule has 0 bridgehead atoms. The Bertz CT molecular complexity index is 480. The van der Waals surface area contributed by atoms with Crippen LogP contribution in [-0.2, 0) is 9.84 Å². The van der Waals surface area contributed by atoms with Crippen LogP contribution < -0.4 is 4.90 Å². The van der Waals surface area contributed by atoms with Crippen molar-refractivity contribution in [2.24, 2.45) is 0 Å². The van der Waals surface area contributed by atoms with E-state index in [1.807, 2.05) is 19.2 Å². The average molecular weight is 320 g/mol. The number of halogens is 1. The van der Waals surface area contributed by atoms with Crippen molar-refractivity contribution in [1.82, 2.24) is 0 Å². The number of rotatable bonds is 4. The molecule has 1 aromatic rings. The molecular formula is C12H18BrNO2S. The van der Waals surface area contributed by atoms with Gasteiger partial charge >= 0.3 is 0 Å². The molecule has 0 spiro atoms. The van der Waals surface area contributed by atoms with E-state index in [4.69, 9.17) is 0 Å². The molecule has 0 saturated heterocycles. The smallest absolute Gasteiger partial charge is 0.175 e. The second kappa shape index (κ2) is 4.98. The van der Waals surface area contributed by atoms with Gasteiger partial charge in [0.05, 0.1) is 4.90 Å². The van der Waals surface area contributed by atoms with Crippen LogP contribution in [0.15, 0.2) is 29.2 Å². The summed E-state index contributed by atoms with van der Waals surface area (Å²) in [6.07, 6.45) is 1.22. The molecule has 0 aliphatic rings. The molecule has 0 fully saturated rings. The van der Waals surface area contributed by atoms with Gasteiger partial charge in [-0.3, -0.25) is 0 Å². The molecule has 0 saturated carbocycles. The molecule has 96 valence electrons. The lowest BCUT2D eigenvalue weighted by atomic mass is 10.1. The number of nitrogens with zero attached hydrogens (tertiary/aromatic N) is 1. The zero-order valence-electron chi connectivity index (χ0n) is 10.6. The predicted molar refractivity (Wildman–Crippen MR) is 75.8 cm³/mol. The van der Waals surface area contributed by atoms with E-state index in [-0.39, 0.29) is 5.54 Å². The van der Waals surface area contributed by atoms with Crippen LogP contribution in [0.5, 0.6) is 0 Å². The second-order valence-corrected chi connectivity index (χ2v) is 7.35. The fourth-order valence-corrected chi connectivity index (χ4v) is 2.36. The van der Waals surface area contributed by atoms with Crippen LogP contribution in [0.2, 0.25) is 0 Å². The van der Waals surface area contributed by atoms with Gasteiger partial charge in [-0.05, 0) is 38.1 Å². The van der Waals surface area contributed by atoms with E-state index in [9.17, 15) is 8.42 Å². The summed E-state index contributed by atoms with van der Waals surface area (Å²) < 4.78 is 22.7. The number of alkyl halides is 1. The SMILES string of the molecule is CN(c1ccc(S(C)(=O)=O)cc1)C(C)(C)CBr. The molecule has 5 heteroatoms. The van der Waals surface area contributed by atoms with Crippen molar-refractivity contribution >= 4 is 31.5 Å². The zero-order valence-corrected chi connectivity index (χ0v) is 13.0. The van der Waals surface area contributed by atoms with E-state index in [1.54, 1.807) is 12.1 Å². The van der Waals surface area contributed by atoms with Gasteiger partial charge in [0.2, 0.25) is 0 Å². The van der Waals surface area contributed by atoms with Gasteiger partial charge in [0, 0.05) is 29.9 Å². The molecule has 0 atom stereocenters. The van der Waals surface area contributed by atoms with Crippen LogP contribution in [0.25, 0.3) is 0 Å². The molecule has 0 radical (unpaired) electrons. The molecule has 0 amide bonds. The first kappa shape index (κ1) is 14.5. The molecular weight excluding hydrogens is 302 g/mol. The normalized spacial score (nSPS) is 12.5. The Morgan fingerprint density at radius 3 is 2.06 bits per heavy atom. The summed E-state index contributed by atoms with van der Waals surface area (Å²) >= 11 is 3.48. The lowest BCUT2D eigenvalue weighted by Crippen LogP contribution is -2.42. The van der Waals surface area contributed by atoms with Crippen LogP contribution in [0, 0.1) is 0 Å².